The van der Waals surface area contributed by atoms with Gasteiger partial charge in [0, 0.05) is 17.9 Å². The zero-order chi connectivity index (χ0) is 8.97. The van der Waals surface area contributed by atoms with Gasteiger partial charge in [0.2, 0.25) is 0 Å². The molecule has 0 aliphatic carbocycles. The van der Waals surface area contributed by atoms with Crippen LogP contribution in [0.15, 0.2) is 18.2 Å². The van der Waals surface area contributed by atoms with Crippen molar-refractivity contribution in [1.82, 2.24) is 0 Å². The number of nitrogens with two attached hydrogens (primary N) is 1. The molecule has 0 atom stereocenters. The summed E-state index contributed by atoms with van der Waals surface area (Å²) in [4.78, 5) is 10.4. The van der Waals surface area contributed by atoms with E-state index in [2.05, 4.69) is 0 Å². The lowest BCUT2D eigenvalue weighted by atomic mass is 10.1. The Labute approximate surface area is 70.8 Å². The zero-order valence-electron chi connectivity index (χ0n) is 6.66. The van der Waals surface area contributed by atoms with Crippen LogP contribution >= 0.6 is 0 Å². The van der Waals surface area contributed by atoms with E-state index in [-0.39, 0.29) is 6.61 Å². The van der Waals surface area contributed by atoms with Gasteiger partial charge in [-0.15, -0.1) is 0 Å². The highest BCUT2D eigenvalue weighted by Crippen LogP contribution is 2.11. The van der Waals surface area contributed by atoms with Crippen LogP contribution in [0.25, 0.3) is 0 Å². The molecule has 0 saturated carbocycles. The maximum Gasteiger partial charge on any atom is 0.152 e. The molecule has 0 saturated heterocycles. The van der Waals surface area contributed by atoms with Gasteiger partial charge in [0.15, 0.2) is 6.29 Å². The van der Waals surface area contributed by atoms with Crippen molar-refractivity contribution >= 4 is 12.0 Å². The number of aliphatic hydroxyl groups is 1. The summed E-state index contributed by atoms with van der Waals surface area (Å²) < 4.78 is 0. The van der Waals surface area contributed by atoms with E-state index in [0.29, 0.717) is 17.7 Å². The molecule has 1 rings (SSSR count). The minimum absolute atomic E-state index is 0.0855. The Hall–Kier alpha value is -1.35. The molecule has 0 aromatic heterocycles. The molecule has 0 unspecified atom stereocenters. The molecule has 1 aromatic carbocycles. The standard InChI is InChI=1S/C9H11NO2/c10-9-2-1-7(3-4-11)5-8(9)6-12/h1-2,5-6,11H,3-4,10H2. The summed E-state index contributed by atoms with van der Waals surface area (Å²) >= 11 is 0. The van der Waals surface area contributed by atoms with Gasteiger partial charge in [-0.25, -0.2) is 0 Å². The van der Waals surface area contributed by atoms with Crippen molar-refractivity contribution in [3.05, 3.63) is 29.3 Å². The minimum atomic E-state index is 0.0855. The van der Waals surface area contributed by atoms with Gasteiger partial charge in [0.25, 0.3) is 0 Å². The summed E-state index contributed by atoms with van der Waals surface area (Å²) in [5.41, 5.74) is 7.39. The molecule has 0 amide bonds. The lowest BCUT2D eigenvalue weighted by molar-refractivity contribution is 0.112. The van der Waals surface area contributed by atoms with Crippen molar-refractivity contribution < 1.29 is 9.90 Å². The van der Waals surface area contributed by atoms with Crippen molar-refractivity contribution in [2.24, 2.45) is 0 Å². The molecule has 3 nitrogen and oxygen atoms in total. The molecular formula is C9H11NO2. The molecule has 0 heterocycles. The van der Waals surface area contributed by atoms with E-state index >= 15 is 0 Å². The van der Waals surface area contributed by atoms with Crippen molar-refractivity contribution in [2.75, 3.05) is 12.3 Å². The van der Waals surface area contributed by atoms with Crippen LogP contribution in [0.5, 0.6) is 0 Å². The number of benzene rings is 1. The molecule has 0 fully saturated rings. The van der Waals surface area contributed by atoms with Gasteiger partial charge in [-0.05, 0) is 24.1 Å². The largest absolute Gasteiger partial charge is 0.398 e. The number of hydrogen-bond donors (Lipinski definition) is 2. The predicted molar refractivity (Wildman–Crippen MR) is 47.0 cm³/mol. The van der Waals surface area contributed by atoms with Gasteiger partial charge in [-0.3, -0.25) is 4.79 Å². The van der Waals surface area contributed by atoms with E-state index in [1.54, 1.807) is 18.2 Å². The van der Waals surface area contributed by atoms with Crippen LogP contribution in [-0.4, -0.2) is 18.0 Å². The molecule has 0 aliphatic heterocycles. The normalized spacial score (nSPS) is 9.75. The fourth-order valence-corrected chi connectivity index (χ4v) is 1.01. The first-order valence-corrected chi connectivity index (χ1v) is 3.72. The number of aliphatic hydroxyl groups excluding tert-OH is 1. The number of nitrogen functional groups attached to an aromatic ring is 1. The molecule has 64 valence electrons. The maximum absolute atomic E-state index is 10.4. The summed E-state index contributed by atoms with van der Waals surface area (Å²) in [6, 6.07) is 5.17. The highest BCUT2D eigenvalue weighted by Gasteiger charge is 1.98. The monoisotopic (exact) mass is 165 g/mol. The number of rotatable bonds is 3. The first-order chi connectivity index (χ1) is 5.77. The fourth-order valence-electron chi connectivity index (χ4n) is 1.01. The van der Waals surface area contributed by atoms with Gasteiger partial charge in [-0.2, -0.15) is 0 Å². The minimum Gasteiger partial charge on any atom is -0.398 e. The predicted octanol–water partition coefficient (Wildman–Crippen LogP) is 0.616. The molecule has 0 radical (unpaired) electrons. The number of carbonyl (C=O) groups is 1. The summed E-state index contributed by atoms with van der Waals surface area (Å²) in [6.07, 6.45) is 1.28. The zero-order valence-corrected chi connectivity index (χ0v) is 6.66. The van der Waals surface area contributed by atoms with Gasteiger partial charge in [0.1, 0.15) is 0 Å². The van der Waals surface area contributed by atoms with E-state index in [4.69, 9.17) is 10.8 Å². The van der Waals surface area contributed by atoms with Crippen molar-refractivity contribution in [3.63, 3.8) is 0 Å². The lowest BCUT2D eigenvalue weighted by Crippen LogP contribution is -1.96. The Morgan fingerprint density at radius 1 is 1.50 bits per heavy atom. The summed E-state index contributed by atoms with van der Waals surface area (Å²) in [6.45, 7) is 0.0855. The third kappa shape index (κ3) is 1.83. The van der Waals surface area contributed by atoms with Crippen LogP contribution in [-0.2, 0) is 6.42 Å². The number of hydrogen-bond acceptors (Lipinski definition) is 3. The van der Waals surface area contributed by atoms with E-state index < -0.39 is 0 Å². The maximum atomic E-state index is 10.4. The highest BCUT2D eigenvalue weighted by atomic mass is 16.2. The van der Waals surface area contributed by atoms with Crippen LogP contribution in [0.1, 0.15) is 15.9 Å². The Kier molecular flexibility index (Phi) is 2.82. The average molecular weight is 165 g/mol. The van der Waals surface area contributed by atoms with E-state index in [1.807, 2.05) is 0 Å². The molecule has 3 heteroatoms. The number of carbonyl (C=O) groups excluding carboxylic acids is 1. The van der Waals surface area contributed by atoms with Gasteiger partial charge >= 0.3 is 0 Å². The molecule has 1 aromatic rings. The second-order valence-electron chi connectivity index (χ2n) is 2.55. The van der Waals surface area contributed by atoms with Crippen LogP contribution in [0.3, 0.4) is 0 Å². The summed E-state index contributed by atoms with van der Waals surface area (Å²) in [5.74, 6) is 0. The fraction of sp³-hybridized carbons (Fsp3) is 0.222. The Morgan fingerprint density at radius 3 is 2.83 bits per heavy atom. The summed E-state index contributed by atoms with van der Waals surface area (Å²) in [7, 11) is 0. The van der Waals surface area contributed by atoms with E-state index in [1.165, 1.54) is 0 Å². The second-order valence-corrected chi connectivity index (χ2v) is 2.55. The van der Waals surface area contributed by atoms with E-state index in [0.717, 1.165) is 11.8 Å². The number of aldehydes is 1. The third-order valence-corrected chi connectivity index (χ3v) is 1.68. The third-order valence-electron chi connectivity index (χ3n) is 1.68. The topological polar surface area (TPSA) is 63.3 Å². The van der Waals surface area contributed by atoms with Crippen LogP contribution in [0, 0.1) is 0 Å². The average Bonchev–Trinajstić information content (AvgIpc) is 2.09. The SMILES string of the molecule is Nc1ccc(CCO)cc1C=O. The Morgan fingerprint density at radius 2 is 2.25 bits per heavy atom. The van der Waals surface area contributed by atoms with E-state index in [9.17, 15) is 4.79 Å². The molecule has 0 aliphatic rings. The quantitative estimate of drug-likeness (QED) is 0.509. The molecule has 3 N–H and O–H groups in total. The van der Waals surface area contributed by atoms with Crippen molar-refractivity contribution in [1.29, 1.82) is 0 Å². The van der Waals surface area contributed by atoms with Gasteiger partial charge < -0.3 is 10.8 Å². The van der Waals surface area contributed by atoms with Crippen molar-refractivity contribution in [3.8, 4) is 0 Å². The highest BCUT2D eigenvalue weighted by molar-refractivity contribution is 5.83. The molecule has 12 heavy (non-hydrogen) atoms. The first-order valence-electron chi connectivity index (χ1n) is 3.72. The molecular weight excluding hydrogens is 154 g/mol. The molecule has 0 bridgehead atoms. The van der Waals surface area contributed by atoms with Gasteiger partial charge in [-0.1, -0.05) is 6.07 Å². The Balaban J connectivity index is 2.96. The van der Waals surface area contributed by atoms with Crippen LogP contribution < -0.4 is 5.73 Å². The second kappa shape index (κ2) is 3.88. The van der Waals surface area contributed by atoms with Crippen LogP contribution in [0.2, 0.25) is 0 Å². The van der Waals surface area contributed by atoms with Crippen LogP contribution in [0.4, 0.5) is 5.69 Å². The first kappa shape index (κ1) is 8.74. The lowest BCUT2D eigenvalue weighted by Gasteiger charge is -2.01. The van der Waals surface area contributed by atoms with Crippen molar-refractivity contribution in [2.45, 2.75) is 6.42 Å². The summed E-state index contributed by atoms with van der Waals surface area (Å²) in [5, 5.41) is 8.63. The Bertz CT molecular complexity index is 284. The number of anilines is 1. The molecule has 0 spiro atoms. The van der Waals surface area contributed by atoms with Gasteiger partial charge in [0.05, 0.1) is 0 Å². The smallest absolute Gasteiger partial charge is 0.152 e.